The molecule has 0 aromatic heterocycles. The second-order valence-electron chi connectivity index (χ2n) is 5.29. The summed E-state index contributed by atoms with van der Waals surface area (Å²) in [6, 6.07) is 9.80. The highest BCUT2D eigenvalue weighted by Crippen LogP contribution is 2.38. The van der Waals surface area contributed by atoms with Crippen LogP contribution in [-0.2, 0) is 11.0 Å². The molecule has 0 amide bonds. The first kappa shape index (κ1) is 18.6. The zero-order valence-electron chi connectivity index (χ0n) is 11.6. The zero-order valence-corrected chi connectivity index (χ0v) is 17.1. The SMILES string of the molecule is CC(C)(C)S(=O)N[C@@H](/C=C/c1ccccc1)C(Br)(Br)Br. The molecule has 112 valence electrons. The van der Waals surface area contributed by atoms with Gasteiger partial charge in [-0.05, 0) is 26.3 Å². The van der Waals surface area contributed by atoms with E-state index in [1.165, 1.54) is 0 Å². The Morgan fingerprint density at radius 1 is 1.15 bits per heavy atom. The van der Waals surface area contributed by atoms with Crippen molar-refractivity contribution in [3.63, 3.8) is 0 Å². The molecule has 0 saturated heterocycles. The summed E-state index contributed by atoms with van der Waals surface area (Å²) in [5.41, 5.74) is 1.09. The lowest BCUT2D eigenvalue weighted by molar-refractivity contribution is 0.627. The van der Waals surface area contributed by atoms with Gasteiger partial charge >= 0.3 is 0 Å². The minimum absolute atomic E-state index is 0.192. The number of hydrogen-bond acceptors (Lipinski definition) is 1. The predicted octanol–water partition coefficient (Wildman–Crippen LogP) is 4.96. The molecule has 0 fully saturated rings. The van der Waals surface area contributed by atoms with Crippen LogP contribution in [0.1, 0.15) is 26.3 Å². The second-order valence-corrected chi connectivity index (χ2v) is 14.2. The van der Waals surface area contributed by atoms with Gasteiger partial charge in [-0.15, -0.1) is 0 Å². The first-order valence-electron chi connectivity index (χ1n) is 6.09. The van der Waals surface area contributed by atoms with Crippen LogP contribution in [0.15, 0.2) is 36.4 Å². The Morgan fingerprint density at radius 2 is 1.70 bits per heavy atom. The molecule has 1 aromatic carbocycles. The molecule has 1 aromatic rings. The molecule has 1 unspecified atom stereocenters. The van der Waals surface area contributed by atoms with E-state index in [9.17, 15) is 4.21 Å². The highest BCUT2D eigenvalue weighted by molar-refractivity contribution is 9.39. The average Bonchev–Trinajstić information content (AvgIpc) is 2.32. The molecule has 6 heteroatoms. The molecule has 0 heterocycles. The summed E-state index contributed by atoms with van der Waals surface area (Å²) in [5, 5.41) is 0. The molecule has 0 aliphatic carbocycles. The van der Waals surface area contributed by atoms with Gasteiger partial charge in [-0.3, -0.25) is 0 Å². The van der Waals surface area contributed by atoms with Gasteiger partial charge in [0.1, 0.15) is 0 Å². The van der Waals surface area contributed by atoms with Gasteiger partial charge in [-0.25, -0.2) is 8.93 Å². The molecule has 1 N–H and O–H groups in total. The lowest BCUT2D eigenvalue weighted by Crippen LogP contribution is -2.44. The van der Waals surface area contributed by atoms with Crippen LogP contribution in [0.4, 0.5) is 0 Å². The van der Waals surface area contributed by atoms with Crippen LogP contribution in [-0.4, -0.2) is 17.1 Å². The molecule has 0 saturated carbocycles. The van der Waals surface area contributed by atoms with E-state index in [0.29, 0.717) is 0 Å². The fourth-order valence-electron chi connectivity index (χ4n) is 1.28. The van der Waals surface area contributed by atoms with E-state index in [2.05, 4.69) is 52.5 Å². The largest absolute Gasteiger partial charge is 0.242 e. The van der Waals surface area contributed by atoms with Gasteiger partial charge in [0.25, 0.3) is 0 Å². The molecule has 0 spiro atoms. The number of hydrogen-bond donors (Lipinski definition) is 1. The van der Waals surface area contributed by atoms with Crippen molar-refractivity contribution in [1.29, 1.82) is 0 Å². The van der Waals surface area contributed by atoms with Gasteiger partial charge in [0.2, 0.25) is 0 Å². The predicted molar refractivity (Wildman–Crippen MR) is 99.8 cm³/mol. The normalized spacial score (nSPS) is 16.3. The maximum absolute atomic E-state index is 12.2. The third-order valence-corrected chi connectivity index (χ3v) is 5.48. The zero-order chi connectivity index (χ0) is 15.4. The van der Waals surface area contributed by atoms with Crippen LogP contribution in [0.5, 0.6) is 0 Å². The molecule has 1 rings (SSSR count). The topological polar surface area (TPSA) is 29.1 Å². The highest BCUT2D eigenvalue weighted by Gasteiger charge is 2.32. The second kappa shape index (κ2) is 7.68. The molecule has 0 bridgehead atoms. The van der Waals surface area contributed by atoms with Gasteiger partial charge in [0.15, 0.2) is 2.14 Å². The lowest BCUT2D eigenvalue weighted by Gasteiger charge is -2.27. The van der Waals surface area contributed by atoms with Gasteiger partial charge in [0.05, 0.1) is 21.8 Å². The Bertz CT molecular complexity index is 477. The monoisotopic (exact) mass is 485 g/mol. The minimum atomic E-state index is -1.16. The van der Waals surface area contributed by atoms with Crippen molar-refractivity contribution in [2.75, 3.05) is 0 Å². The highest BCUT2D eigenvalue weighted by atomic mass is 80.0. The lowest BCUT2D eigenvalue weighted by atomic mass is 10.2. The van der Waals surface area contributed by atoms with Gasteiger partial charge in [-0.2, -0.15) is 0 Å². The molecular formula is C14H18Br3NOS. The van der Waals surface area contributed by atoms with Crippen molar-refractivity contribution in [2.24, 2.45) is 0 Å². The van der Waals surface area contributed by atoms with Crippen molar-refractivity contribution in [3.8, 4) is 0 Å². The summed E-state index contributed by atoms with van der Waals surface area (Å²) in [5.74, 6) is 0. The van der Waals surface area contributed by atoms with Gasteiger partial charge in [-0.1, -0.05) is 90.3 Å². The number of rotatable bonds is 4. The summed E-state index contributed by atoms with van der Waals surface area (Å²) in [4.78, 5) is 0. The van der Waals surface area contributed by atoms with E-state index < -0.39 is 13.1 Å². The van der Waals surface area contributed by atoms with Crippen LogP contribution >= 0.6 is 47.8 Å². The van der Waals surface area contributed by atoms with E-state index in [-0.39, 0.29) is 10.8 Å². The third kappa shape index (κ3) is 6.52. The van der Waals surface area contributed by atoms with Crippen molar-refractivity contribution in [2.45, 2.75) is 33.7 Å². The number of nitrogens with one attached hydrogen (secondary N) is 1. The Balaban J connectivity index is 2.87. The third-order valence-electron chi connectivity index (χ3n) is 2.42. The van der Waals surface area contributed by atoms with E-state index >= 15 is 0 Å². The summed E-state index contributed by atoms with van der Waals surface area (Å²) in [7, 11) is -1.16. The first-order chi connectivity index (χ1) is 9.10. The summed E-state index contributed by atoms with van der Waals surface area (Å²) in [6.07, 6.45) is 3.97. The molecule has 20 heavy (non-hydrogen) atoms. The van der Waals surface area contributed by atoms with E-state index in [1.807, 2.05) is 63.3 Å². The average molecular weight is 488 g/mol. The molecule has 2 atom stereocenters. The van der Waals surface area contributed by atoms with Crippen molar-refractivity contribution >= 4 is 64.9 Å². The standard InChI is InChI=1S/C14H18Br3NOS/c1-13(2,3)20(19)18-12(14(15,16)17)10-9-11-7-5-4-6-8-11/h4-10,12,18H,1-3H3/b10-9+/t12-,20?/m0/s1. The van der Waals surface area contributed by atoms with Crippen LogP contribution < -0.4 is 4.72 Å². The number of alkyl halides is 3. The Kier molecular flexibility index (Phi) is 7.12. The first-order valence-corrected chi connectivity index (χ1v) is 9.61. The van der Waals surface area contributed by atoms with Gasteiger partial charge in [0, 0.05) is 0 Å². The van der Waals surface area contributed by atoms with Crippen LogP contribution in [0.25, 0.3) is 6.08 Å². The fourth-order valence-corrected chi connectivity index (χ4v) is 3.37. The molecule has 0 aliphatic rings. The van der Waals surface area contributed by atoms with Crippen molar-refractivity contribution in [1.82, 2.24) is 4.72 Å². The van der Waals surface area contributed by atoms with Crippen LogP contribution in [0.3, 0.4) is 0 Å². The number of benzene rings is 1. The maximum Gasteiger partial charge on any atom is 0.154 e. The summed E-state index contributed by atoms with van der Waals surface area (Å²) >= 11 is 10.5. The summed E-state index contributed by atoms with van der Waals surface area (Å²) < 4.78 is 14.5. The minimum Gasteiger partial charge on any atom is -0.242 e. The molecule has 2 nitrogen and oxygen atoms in total. The van der Waals surface area contributed by atoms with E-state index in [0.717, 1.165) is 5.56 Å². The summed E-state index contributed by atoms with van der Waals surface area (Å²) in [6.45, 7) is 5.81. The number of halogens is 3. The van der Waals surface area contributed by atoms with Crippen LogP contribution in [0.2, 0.25) is 0 Å². The van der Waals surface area contributed by atoms with Crippen molar-refractivity contribution in [3.05, 3.63) is 42.0 Å². The Hall–Kier alpha value is 0.510. The quantitative estimate of drug-likeness (QED) is 0.597. The van der Waals surface area contributed by atoms with Crippen LogP contribution in [0, 0.1) is 0 Å². The molecule has 0 radical (unpaired) electrons. The van der Waals surface area contributed by atoms with Crippen molar-refractivity contribution < 1.29 is 4.21 Å². The van der Waals surface area contributed by atoms with Gasteiger partial charge < -0.3 is 0 Å². The molecular weight excluding hydrogens is 470 g/mol. The Morgan fingerprint density at radius 3 is 2.15 bits per heavy atom. The molecule has 0 aliphatic heterocycles. The van der Waals surface area contributed by atoms with E-state index in [1.54, 1.807) is 0 Å². The smallest absolute Gasteiger partial charge is 0.154 e. The Labute approximate surface area is 148 Å². The maximum atomic E-state index is 12.2. The van der Waals surface area contributed by atoms with E-state index in [4.69, 9.17) is 0 Å². The fraction of sp³-hybridized carbons (Fsp3) is 0.429.